The predicted molar refractivity (Wildman–Crippen MR) is 237 cm³/mol. The topological polar surface area (TPSA) is 92.7 Å². The van der Waals surface area contributed by atoms with Crippen molar-refractivity contribution in [2.75, 3.05) is 5.32 Å². The Morgan fingerprint density at radius 3 is 2.12 bits per heavy atom. The Morgan fingerprint density at radius 1 is 0.638 bits per heavy atom. The van der Waals surface area contributed by atoms with Crippen molar-refractivity contribution in [3.05, 3.63) is 192 Å². The second kappa shape index (κ2) is 13.7. The van der Waals surface area contributed by atoms with E-state index < -0.39 is 6.04 Å². The molecule has 0 fully saturated rings. The molecule has 1 atom stereocenters. The maximum absolute atomic E-state index is 6.65. The summed E-state index contributed by atoms with van der Waals surface area (Å²) in [5.41, 5.74) is 9.12. The highest BCUT2D eigenvalue weighted by Gasteiger charge is 2.33. The summed E-state index contributed by atoms with van der Waals surface area (Å²) in [6.07, 6.45) is 0. The van der Waals surface area contributed by atoms with Crippen molar-refractivity contribution < 1.29 is 8.83 Å². The van der Waals surface area contributed by atoms with Gasteiger partial charge in [0.15, 0.2) is 23.5 Å². The number of hydrogen-bond acceptors (Lipinski definition) is 5. The summed E-state index contributed by atoms with van der Waals surface area (Å²) in [6.45, 7) is 4.20. The van der Waals surface area contributed by atoms with Gasteiger partial charge in [-0.2, -0.15) is 0 Å². The highest BCUT2D eigenvalue weighted by molar-refractivity contribution is 6.19. The number of amidine groups is 3. The van der Waals surface area contributed by atoms with Crippen LogP contribution in [-0.4, -0.2) is 28.8 Å². The number of anilines is 1. The molecule has 10 aromatic rings. The van der Waals surface area contributed by atoms with Gasteiger partial charge in [0, 0.05) is 49.3 Å². The molecule has 1 N–H and O–H groups in total. The SMILES string of the molecule is C=NC(=NC(=NCc1cccc2c1oc1ccccc12)C1N=C(c2ccc3c4ccccc4n(-c4ccccc4)c3c2)Nc2c1oc1ccccc21)c1ccccc1. The molecule has 0 spiro atoms. The van der Waals surface area contributed by atoms with Gasteiger partial charge in [-0.15, -0.1) is 0 Å². The van der Waals surface area contributed by atoms with Crippen molar-refractivity contribution >= 4 is 84.6 Å². The number of para-hydroxylation sites is 5. The lowest BCUT2D eigenvalue weighted by atomic mass is 10.0. The lowest BCUT2D eigenvalue weighted by Crippen LogP contribution is -2.24. The summed E-state index contributed by atoms with van der Waals surface area (Å²) < 4.78 is 15.4. The van der Waals surface area contributed by atoms with Crippen molar-refractivity contribution in [1.82, 2.24) is 4.57 Å². The van der Waals surface area contributed by atoms with Crippen LogP contribution in [0.15, 0.2) is 199 Å². The quantitative estimate of drug-likeness (QED) is 0.135. The monoisotopic (exact) mass is 750 g/mol. The van der Waals surface area contributed by atoms with Gasteiger partial charge in [0.05, 0.1) is 23.3 Å². The third-order valence-corrected chi connectivity index (χ3v) is 10.9. The molecule has 0 saturated carbocycles. The third-order valence-electron chi connectivity index (χ3n) is 10.9. The Kier molecular flexibility index (Phi) is 7.92. The van der Waals surface area contributed by atoms with Gasteiger partial charge in [0.1, 0.15) is 22.6 Å². The Labute approximate surface area is 332 Å². The molecule has 0 bridgehead atoms. The molecule has 0 saturated heterocycles. The fourth-order valence-corrected chi connectivity index (χ4v) is 8.19. The molecule has 0 amide bonds. The van der Waals surface area contributed by atoms with Gasteiger partial charge >= 0.3 is 0 Å². The highest BCUT2D eigenvalue weighted by Crippen LogP contribution is 2.42. The van der Waals surface area contributed by atoms with E-state index in [4.69, 9.17) is 23.8 Å². The van der Waals surface area contributed by atoms with E-state index in [-0.39, 0.29) is 6.54 Å². The van der Waals surface area contributed by atoms with Crippen LogP contribution in [0.1, 0.15) is 28.5 Å². The third kappa shape index (κ3) is 5.53. The van der Waals surface area contributed by atoms with Gasteiger partial charge in [-0.1, -0.05) is 127 Å². The normalized spacial score (nSPS) is 14.6. The van der Waals surface area contributed by atoms with Crippen LogP contribution >= 0.6 is 0 Å². The molecule has 58 heavy (non-hydrogen) atoms. The summed E-state index contributed by atoms with van der Waals surface area (Å²) in [5, 5.41) is 9.06. The first kappa shape index (κ1) is 33.5. The number of benzene rings is 7. The van der Waals surface area contributed by atoms with Gasteiger partial charge in [0.2, 0.25) is 0 Å². The zero-order chi connectivity index (χ0) is 38.6. The number of nitrogens with zero attached hydrogens (tertiary/aromatic N) is 5. The zero-order valence-corrected chi connectivity index (χ0v) is 31.2. The minimum Gasteiger partial charge on any atom is -0.456 e. The Hall–Kier alpha value is -7.84. The molecule has 7 aromatic carbocycles. The van der Waals surface area contributed by atoms with Crippen molar-refractivity contribution in [2.24, 2.45) is 20.0 Å². The van der Waals surface area contributed by atoms with E-state index in [0.717, 1.165) is 77.4 Å². The highest BCUT2D eigenvalue weighted by atomic mass is 16.3. The van der Waals surface area contributed by atoms with Crippen LogP contribution < -0.4 is 5.32 Å². The number of hydrogen-bond donors (Lipinski definition) is 1. The predicted octanol–water partition coefficient (Wildman–Crippen LogP) is 12.1. The van der Waals surface area contributed by atoms with Gasteiger partial charge in [-0.25, -0.2) is 15.0 Å². The fraction of sp³-hybridized carbons (Fsp3) is 0.0400. The van der Waals surface area contributed by atoms with Crippen LogP contribution in [0.4, 0.5) is 5.69 Å². The molecule has 1 aliphatic heterocycles. The molecular weight excluding hydrogens is 717 g/mol. The first-order valence-corrected chi connectivity index (χ1v) is 19.2. The maximum Gasteiger partial charge on any atom is 0.171 e. The number of rotatable bonds is 6. The molecule has 1 unspecified atom stereocenters. The smallest absolute Gasteiger partial charge is 0.171 e. The van der Waals surface area contributed by atoms with E-state index in [0.29, 0.717) is 23.3 Å². The van der Waals surface area contributed by atoms with Crippen LogP contribution in [0.25, 0.3) is 60.4 Å². The van der Waals surface area contributed by atoms with Crippen LogP contribution in [0.3, 0.4) is 0 Å². The Balaban J connectivity index is 1.12. The van der Waals surface area contributed by atoms with E-state index >= 15 is 0 Å². The summed E-state index contributed by atoms with van der Waals surface area (Å²) in [6, 6.07) is 56.9. The number of furan rings is 2. The fourth-order valence-electron chi connectivity index (χ4n) is 8.19. The van der Waals surface area contributed by atoms with Crippen LogP contribution in [0.2, 0.25) is 0 Å². The molecule has 0 radical (unpaired) electrons. The largest absolute Gasteiger partial charge is 0.456 e. The molecule has 3 aromatic heterocycles. The summed E-state index contributed by atoms with van der Waals surface area (Å²) in [4.78, 5) is 20.2. The molecule has 8 nitrogen and oxygen atoms in total. The molecule has 8 heteroatoms. The molecule has 1 aliphatic rings. The Bertz CT molecular complexity index is 3310. The maximum atomic E-state index is 6.65. The first-order chi connectivity index (χ1) is 28.7. The van der Waals surface area contributed by atoms with Gasteiger partial charge in [0.25, 0.3) is 0 Å². The lowest BCUT2D eigenvalue weighted by molar-refractivity contribution is 0.538. The average molecular weight is 751 g/mol. The van der Waals surface area contributed by atoms with E-state index in [1.165, 1.54) is 5.39 Å². The zero-order valence-electron chi connectivity index (χ0n) is 31.2. The summed E-state index contributed by atoms with van der Waals surface area (Å²) in [7, 11) is 0. The van der Waals surface area contributed by atoms with E-state index in [1.54, 1.807) is 0 Å². The van der Waals surface area contributed by atoms with Gasteiger partial charge in [-0.3, -0.25) is 4.99 Å². The number of fused-ring (bicyclic) bond motifs is 9. The summed E-state index contributed by atoms with van der Waals surface area (Å²) >= 11 is 0. The number of aromatic nitrogens is 1. The molecule has 0 aliphatic carbocycles. The molecule has 11 rings (SSSR count). The van der Waals surface area contributed by atoms with E-state index in [2.05, 4.69) is 107 Å². The van der Waals surface area contributed by atoms with Crippen molar-refractivity contribution in [1.29, 1.82) is 0 Å². The van der Waals surface area contributed by atoms with Crippen LogP contribution in [0, 0.1) is 0 Å². The van der Waals surface area contributed by atoms with Crippen LogP contribution in [0.5, 0.6) is 0 Å². The molecule has 4 heterocycles. The number of nitrogens with one attached hydrogen (secondary N) is 1. The van der Waals surface area contributed by atoms with E-state index in [9.17, 15) is 0 Å². The number of aliphatic imine (C=N–C) groups is 4. The van der Waals surface area contributed by atoms with Crippen molar-refractivity contribution in [3.63, 3.8) is 0 Å². The average Bonchev–Trinajstić information content (AvgIpc) is 3.97. The Morgan fingerprint density at radius 2 is 1.31 bits per heavy atom. The minimum atomic E-state index is -0.732. The van der Waals surface area contributed by atoms with Crippen molar-refractivity contribution in [3.8, 4) is 5.69 Å². The molecule has 276 valence electrons. The first-order valence-electron chi connectivity index (χ1n) is 19.2. The summed E-state index contributed by atoms with van der Waals surface area (Å²) in [5.74, 6) is 2.15. The lowest BCUT2D eigenvalue weighted by Gasteiger charge is -2.22. The van der Waals surface area contributed by atoms with Gasteiger partial charge in [-0.05, 0) is 49.2 Å². The van der Waals surface area contributed by atoms with Gasteiger partial charge < -0.3 is 18.7 Å². The molecular formula is C50H34N6O2. The minimum absolute atomic E-state index is 0.280. The van der Waals surface area contributed by atoms with Crippen LogP contribution in [-0.2, 0) is 6.54 Å². The second-order valence-corrected chi connectivity index (χ2v) is 14.3. The second-order valence-electron chi connectivity index (χ2n) is 14.3. The standard InChI is InChI=1S/C50H34N6O2/c1-51-48(31-15-4-2-5-16-31)55-50(52-30-33-17-14-23-38-37-21-9-12-25-42(37)57-46(33)38)45-47-44(39-22-10-13-26-43(39)58-47)53-49(54-45)32-27-28-36-35-20-8-11-24-40(35)56(41(36)29-32)34-18-6-3-7-19-34/h2-29,45H,1,30H2,(H,53,54). The van der Waals surface area contributed by atoms with E-state index in [1.807, 2.05) is 84.9 Å². The van der Waals surface area contributed by atoms with Crippen molar-refractivity contribution in [2.45, 2.75) is 12.6 Å².